The van der Waals surface area contributed by atoms with Crippen LogP contribution in [0.1, 0.15) is 0 Å². The van der Waals surface area contributed by atoms with Gasteiger partial charge in [-0.25, -0.2) is 0 Å². The number of hydrogen-bond acceptors (Lipinski definition) is 6. The molecule has 4 rings (SSSR count). The van der Waals surface area contributed by atoms with E-state index < -0.39 is 10.1 Å². The van der Waals surface area contributed by atoms with Crippen LogP contribution in [0.15, 0.2) is 82.0 Å². The lowest BCUT2D eigenvalue weighted by atomic mass is 10.1. The molecule has 3 aromatic carbocycles. The number of halogens is 2. The molecule has 7 nitrogen and oxygen atoms in total. The van der Waals surface area contributed by atoms with E-state index in [2.05, 4.69) is 15.2 Å². The van der Waals surface area contributed by atoms with Crippen LogP contribution >= 0.6 is 23.2 Å². The van der Waals surface area contributed by atoms with Crippen LogP contribution in [0.4, 0.5) is 17.1 Å². The SMILES string of the molecule is Nc1c(N=Nc2ccc(-c3ccc(Cl)cc3Cl)nc2)cc(S(=O)(=O)O)c2ccccc12. The first-order valence-corrected chi connectivity index (χ1v) is 11.1. The Bertz CT molecular complexity index is 1440. The number of aromatic nitrogens is 1. The third-order valence-corrected chi connectivity index (χ3v) is 5.97. The number of pyridine rings is 1. The minimum absolute atomic E-state index is 0.108. The van der Waals surface area contributed by atoms with E-state index in [0.29, 0.717) is 37.8 Å². The number of nitrogens with two attached hydrogens (primary N) is 1. The highest BCUT2D eigenvalue weighted by atomic mass is 35.5. The fourth-order valence-corrected chi connectivity index (χ4v) is 4.28. The predicted octanol–water partition coefficient (Wildman–Crippen LogP) is 6.45. The summed E-state index contributed by atoms with van der Waals surface area (Å²) in [6.07, 6.45) is 1.49. The van der Waals surface area contributed by atoms with E-state index in [4.69, 9.17) is 28.9 Å². The van der Waals surface area contributed by atoms with Crippen molar-refractivity contribution in [2.24, 2.45) is 10.2 Å². The number of nitrogen functional groups attached to an aromatic ring is 1. The minimum atomic E-state index is -4.49. The van der Waals surface area contributed by atoms with Crippen LogP contribution in [-0.2, 0) is 10.1 Å². The highest BCUT2D eigenvalue weighted by Gasteiger charge is 2.18. The molecule has 1 aromatic heterocycles. The maximum absolute atomic E-state index is 11.8. The molecule has 0 atom stereocenters. The fraction of sp³-hybridized carbons (Fsp3) is 0. The maximum atomic E-state index is 11.8. The number of rotatable bonds is 4. The Morgan fingerprint density at radius 3 is 2.32 bits per heavy atom. The van der Waals surface area contributed by atoms with Gasteiger partial charge >= 0.3 is 0 Å². The first kappa shape index (κ1) is 21.2. The lowest BCUT2D eigenvalue weighted by Gasteiger charge is -2.09. The van der Waals surface area contributed by atoms with Crippen LogP contribution in [0.5, 0.6) is 0 Å². The first-order valence-electron chi connectivity index (χ1n) is 8.86. The molecular weight excluding hydrogens is 459 g/mol. The van der Waals surface area contributed by atoms with Gasteiger partial charge in [0.2, 0.25) is 0 Å². The third-order valence-electron chi connectivity index (χ3n) is 4.53. The summed E-state index contributed by atoms with van der Waals surface area (Å²) in [4.78, 5) is 4.04. The number of anilines is 1. The Morgan fingerprint density at radius 2 is 1.68 bits per heavy atom. The second-order valence-corrected chi connectivity index (χ2v) is 8.79. The van der Waals surface area contributed by atoms with E-state index in [9.17, 15) is 13.0 Å². The van der Waals surface area contributed by atoms with Gasteiger partial charge < -0.3 is 5.73 Å². The monoisotopic (exact) mass is 472 g/mol. The molecule has 3 N–H and O–H groups in total. The van der Waals surface area contributed by atoms with Gasteiger partial charge in [0.25, 0.3) is 10.1 Å². The van der Waals surface area contributed by atoms with Gasteiger partial charge in [-0.05, 0) is 36.4 Å². The maximum Gasteiger partial charge on any atom is 0.295 e. The van der Waals surface area contributed by atoms with Gasteiger partial charge in [0.15, 0.2) is 0 Å². The average molecular weight is 473 g/mol. The van der Waals surface area contributed by atoms with Gasteiger partial charge in [-0.3, -0.25) is 9.54 Å². The topological polar surface area (TPSA) is 118 Å². The van der Waals surface area contributed by atoms with Gasteiger partial charge in [-0.15, -0.1) is 10.2 Å². The molecule has 0 aliphatic carbocycles. The standard InChI is InChI=1S/C21H14Cl2N4O3S/c22-12-5-7-16(17(23)9-12)18-8-6-13(11-25-18)26-27-19-10-20(31(28,29)30)14-3-1-2-4-15(14)21(19)24/h1-11H,24H2,(H,28,29,30). The average Bonchev–Trinajstić information content (AvgIpc) is 2.73. The third kappa shape index (κ3) is 4.38. The fourth-order valence-electron chi connectivity index (χ4n) is 3.06. The number of benzene rings is 3. The molecule has 156 valence electrons. The van der Waals surface area contributed by atoms with Crippen molar-refractivity contribution in [2.45, 2.75) is 4.90 Å². The molecule has 0 radical (unpaired) electrons. The summed E-state index contributed by atoms with van der Waals surface area (Å²) in [5.41, 5.74) is 8.25. The Balaban J connectivity index is 1.71. The second-order valence-electron chi connectivity index (χ2n) is 6.55. The van der Waals surface area contributed by atoms with Crippen molar-refractivity contribution in [1.29, 1.82) is 0 Å². The summed E-state index contributed by atoms with van der Waals surface area (Å²) < 4.78 is 33.2. The molecule has 0 spiro atoms. The van der Waals surface area contributed by atoms with Crippen molar-refractivity contribution in [1.82, 2.24) is 4.98 Å². The summed E-state index contributed by atoms with van der Waals surface area (Å²) in [7, 11) is -4.49. The van der Waals surface area contributed by atoms with E-state index in [1.165, 1.54) is 12.3 Å². The lowest BCUT2D eigenvalue weighted by Crippen LogP contribution is -2.01. The van der Waals surface area contributed by atoms with E-state index in [0.717, 1.165) is 0 Å². The summed E-state index contributed by atoms with van der Waals surface area (Å²) in [5.74, 6) is 0. The Hall–Kier alpha value is -3.04. The van der Waals surface area contributed by atoms with Crippen molar-refractivity contribution in [3.63, 3.8) is 0 Å². The highest BCUT2D eigenvalue weighted by molar-refractivity contribution is 7.86. The van der Waals surface area contributed by atoms with E-state index in [1.54, 1.807) is 54.6 Å². The molecule has 0 fully saturated rings. The number of azo groups is 1. The first-order chi connectivity index (χ1) is 14.7. The number of hydrogen-bond donors (Lipinski definition) is 2. The Kier molecular flexibility index (Phi) is 5.63. The van der Waals surface area contributed by atoms with Crippen LogP contribution in [0.25, 0.3) is 22.0 Å². The quantitative estimate of drug-likeness (QED) is 0.201. The van der Waals surface area contributed by atoms with Gasteiger partial charge in [-0.2, -0.15) is 8.42 Å². The molecule has 1 heterocycles. The molecule has 0 saturated heterocycles. The molecule has 0 amide bonds. The summed E-state index contributed by atoms with van der Waals surface area (Å²) in [6, 6.07) is 16.2. The zero-order valence-corrected chi connectivity index (χ0v) is 18.0. The number of nitrogens with zero attached hydrogens (tertiary/aromatic N) is 3. The van der Waals surface area contributed by atoms with Crippen molar-refractivity contribution in [2.75, 3.05) is 5.73 Å². The van der Waals surface area contributed by atoms with Gasteiger partial charge in [0.1, 0.15) is 16.3 Å². The van der Waals surface area contributed by atoms with Crippen molar-refractivity contribution in [3.05, 3.63) is 76.9 Å². The van der Waals surface area contributed by atoms with E-state index in [1.807, 2.05) is 0 Å². The summed E-state index contributed by atoms with van der Waals surface area (Å²) in [5, 5.41) is 9.90. The highest BCUT2D eigenvalue weighted by Crippen LogP contribution is 2.37. The molecule has 10 heteroatoms. The normalized spacial score (nSPS) is 12.0. The summed E-state index contributed by atoms with van der Waals surface area (Å²) >= 11 is 12.1. The van der Waals surface area contributed by atoms with E-state index in [-0.39, 0.29) is 16.3 Å². The van der Waals surface area contributed by atoms with Gasteiger partial charge in [0.05, 0.1) is 22.6 Å². The summed E-state index contributed by atoms with van der Waals surface area (Å²) in [6.45, 7) is 0. The van der Waals surface area contributed by atoms with E-state index >= 15 is 0 Å². The van der Waals surface area contributed by atoms with Crippen LogP contribution in [0.3, 0.4) is 0 Å². The molecule has 0 saturated carbocycles. The molecule has 0 bridgehead atoms. The molecule has 31 heavy (non-hydrogen) atoms. The Labute approximate surface area is 187 Å². The van der Waals surface area contributed by atoms with Crippen LogP contribution in [-0.4, -0.2) is 18.0 Å². The Morgan fingerprint density at radius 1 is 0.935 bits per heavy atom. The van der Waals surface area contributed by atoms with Crippen molar-refractivity contribution >= 4 is 61.2 Å². The molecular formula is C21H14Cl2N4O3S. The van der Waals surface area contributed by atoms with Gasteiger partial charge in [0, 0.05) is 21.4 Å². The number of fused-ring (bicyclic) bond motifs is 1. The van der Waals surface area contributed by atoms with Crippen molar-refractivity contribution in [3.8, 4) is 11.3 Å². The molecule has 4 aromatic rings. The van der Waals surface area contributed by atoms with Crippen LogP contribution in [0, 0.1) is 0 Å². The largest absolute Gasteiger partial charge is 0.396 e. The van der Waals surface area contributed by atoms with Crippen LogP contribution < -0.4 is 5.73 Å². The molecule has 0 aliphatic heterocycles. The van der Waals surface area contributed by atoms with Crippen molar-refractivity contribution < 1.29 is 13.0 Å². The van der Waals surface area contributed by atoms with Crippen LogP contribution in [0.2, 0.25) is 10.0 Å². The zero-order valence-electron chi connectivity index (χ0n) is 15.7. The molecule has 0 aliphatic rings. The lowest BCUT2D eigenvalue weighted by molar-refractivity contribution is 0.484. The molecule has 0 unspecified atom stereocenters. The smallest absolute Gasteiger partial charge is 0.295 e. The second kappa shape index (κ2) is 8.24. The minimum Gasteiger partial charge on any atom is -0.396 e. The zero-order chi connectivity index (χ0) is 22.2. The predicted molar refractivity (Wildman–Crippen MR) is 122 cm³/mol. The van der Waals surface area contributed by atoms with Gasteiger partial charge in [-0.1, -0.05) is 47.5 Å².